The number of anilines is 1. The first-order valence-corrected chi connectivity index (χ1v) is 6.66. The number of unbranched alkanes of at least 4 members (excludes halogenated alkanes) is 2. The number of nitrogens with one attached hydrogen (secondary N) is 2. The van der Waals surface area contributed by atoms with Gasteiger partial charge in [0.2, 0.25) is 0 Å². The predicted octanol–water partition coefficient (Wildman–Crippen LogP) is 3.78. The summed E-state index contributed by atoms with van der Waals surface area (Å²) in [7, 11) is 0. The molecule has 0 fully saturated rings. The Kier molecular flexibility index (Phi) is 5.98. The molecule has 0 saturated heterocycles. The topological polar surface area (TPSA) is 24.1 Å². The average molecular weight is 250 g/mol. The van der Waals surface area contributed by atoms with Crippen molar-refractivity contribution in [2.75, 3.05) is 11.9 Å². The van der Waals surface area contributed by atoms with Gasteiger partial charge in [0, 0.05) is 12.2 Å². The summed E-state index contributed by atoms with van der Waals surface area (Å²) >= 11 is 5.26. The first-order chi connectivity index (χ1) is 8.13. The van der Waals surface area contributed by atoms with Crippen LogP contribution >= 0.6 is 12.2 Å². The monoisotopic (exact) mass is 250 g/mol. The highest BCUT2D eigenvalue weighted by molar-refractivity contribution is 7.80. The van der Waals surface area contributed by atoms with Gasteiger partial charge in [-0.3, -0.25) is 0 Å². The second kappa shape index (κ2) is 7.28. The third-order valence-corrected chi connectivity index (χ3v) is 2.94. The van der Waals surface area contributed by atoms with Crippen LogP contribution in [0.4, 0.5) is 5.69 Å². The standard InChI is InChI=1S/C14H22N2S/c1-4-5-6-9-15-14(17)16-13-8-7-11(2)10-12(13)3/h7-8,10H,4-6,9H2,1-3H3,(H2,15,16,17). The summed E-state index contributed by atoms with van der Waals surface area (Å²) in [6.45, 7) is 7.34. The Balaban J connectivity index is 2.40. The highest BCUT2D eigenvalue weighted by atomic mass is 32.1. The summed E-state index contributed by atoms with van der Waals surface area (Å²) in [6, 6.07) is 6.32. The SMILES string of the molecule is CCCCCNC(=S)Nc1ccc(C)cc1C. The molecule has 0 atom stereocenters. The molecule has 17 heavy (non-hydrogen) atoms. The Morgan fingerprint density at radius 2 is 2.00 bits per heavy atom. The zero-order valence-electron chi connectivity index (χ0n) is 11.0. The van der Waals surface area contributed by atoms with Crippen LogP contribution in [-0.4, -0.2) is 11.7 Å². The number of hydrogen-bond acceptors (Lipinski definition) is 1. The molecule has 94 valence electrons. The highest BCUT2D eigenvalue weighted by Crippen LogP contribution is 2.15. The van der Waals surface area contributed by atoms with Crippen LogP contribution in [0, 0.1) is 13.8 Å². The lowest BCUT2D eigenvalue weighted by Crippen LogP contribution is -2.29. The van der Waals surface area contributed by atoms with Crippen molar-refractivity contribution in [1.29, 1.82) is 0 Å². The van der Waals surface area contributed by atoms with Crippen molar-refractivity contribution < 1.29 is 0 Å². The van der Waals surface area contributed by atoms with Crippen molar-refractivity contribution in [2.45, 2.75) is 40.0 Å². The summed E-state index contributed by atoms with van der Waals surface area (Å²) in [6.07, 6.45) is 3.66. The van der Waals surface area contributed by atoms with E-state index in [-0.39, 0.29) is 0 Å². The minimum absolute atomic E-state index is 0.716. The van der Waals surface area contributed by atoms with Crippen LogP contribution < -0.4 is 10.6 Å². The molecule has 1 aromatic carbocycles. The number of hydrogen-bond donors (Lipinski definition) is 2. The molecule has 0 bridgehead atoms. The molecule has 2 nitrogen and oxygen atoms in total. The average Bonchev–Trinajstić information content (AvgIpc) is 2.28. The van der Waals surface area contributed by atoms with Crippen molar-refractivity contribution in [3.8, 4) is 0 Å². The molecule has 0 spiro atoms. The molecule has 0 radical (unpaired) electrons. The Labute approximate surface area is 110 Å². The Hall–Kier alpha value is -1.09. The van der Waals surface area contributed by atoms with Crippen LogP contribution in [0.1, 0.15) is 37.3 Å². The van der Waals surface area contributed by atoms with Crippen LogP contribution in [-0.2, 0) is 0 Å². The molecule has 0 unspecified atom stereocenters. The van der Waals surface area contributed by atoms with Gasteiger partial charge < -0.3 is 10.6 Å². The second-order valence-electron chi connectivity index (χ2n) is 4.41. The third kappa shape index (κ3) is 5.18. The molecule has 0 heterocycles. The predicted molar refractivity (Wildman–Crippen MR) is 79.7 cm³/mol. The fraction of sp³-hybridized carbons (Fsp3) is 0.500. The van der Waals surface area contributed by atoms with Crippen molar-refractivity contribution in [2.24, 2.45) is 0 Å². The quantitative estimate of drug-likeness (QED) is 0.614. The molecular weight excluding hydrogens is 228 g/mol. The molecule has 3 heteroatoms. The van der Waals surface area contributed by atoms with Crippen LogP contribution in [0.15, 0.2) is 18.2 Å². The lowest BCUT2D eigenvalue weighted by molar-refractivity contribution is 0.698. The molecule has 0 aliphatic heterocycles. The van der Waals surface area contributed by atoms with Crippen LogP contribution in [0.3, 0.4) is 0 Å². The molecule has 2 N–H and O–H groups in total. The molecule has 0 amide bonds. The zero-order valence-corrected chi connectivity index (χ0v) is 11.8. The third-order valence-electron chi connectivity index (χ3n) is 2.70. The first kappa shape index (κ1) is 14.0. The van der Waals surface area contributed by atoms with Gasteiger partial charge in [-0.2, -0.15) is 0 Å². The lowest BCUT2D eigenvalue weighted by atomic mass is 10.1. The van der Waals surface area contributed by atoms with Gasteiger partial charge in [0.15, 0.2) is 5.11 Å². The maximum Gasteiger partial charge on any atom is 0.170 e. The second-order valence-corrected chi connectivity index (χ2v) is 4.81. The van der Waals surface area contributed by atoms with Crippen molar-refractivity contribution >= 4 is 23.0 Å². The van der Waals surface area contributed by atoms with E-state index < -0.39 is 0 Å². The Bertz CT molecular complexity index is 374. The molecule has 1 aromatic rings. The van der Waals surface area contributed by atoms with Gasteiger partial charge in [0.25, 0.3) is 0 Å². The van der Waals surface area contributed by atoms with E-state index in [0.29, 0.717) is 5.11 Å². The Morgan fingerprint density at radius 1 is 1.24 bits per heavy atom. The van der Waals surface area contributed by atoms with E-state index in [0.717, 1.165) is 12.2 Å². The van der Waals surface area contributed by atoms with Gasteiger partial charge in [-0.15, -0.1) is 0 Å². The van der Waals surface area contributed by atoms with Crippen molar-refractivity contribution in [3.05, 3.63) is 29.3 Å². The summed E-state index contributed by atoms with van der Waals surface area (Å²) in [5.74, 6) is 0. The van der Waals surface area contributed by atoms with Gasteiger partial charge in [-0.25, -0.2) is 0 Å². The maximum atomic E-state index is 5.26. The van der Waals surface area contributed by atoms with E-state index in [2.05, 4.69) is 49.6 Å². The van der Waals surface area contributed by atoms with E-state index >= 15 is 0 Å². The molecule has 0 aliphatic carbocycles. The van der Waals surface area contributed by atoms with Crippen LogP contribution in [0.25, 0.3) is 0 Å². The summed E-state index contributed by atoms with van der Waals surface area (Å²) < 4.78 is 0. The maximum absolute atomic E-state index is 5.26. The molecule has 0 aliphatic rings. The summed E-state index contributed by atoms with van der Waals surface area (Å²) in [5.41, 5.74) is 3.58. The minimum Gasteiger partial charge on any atom is -0.362 e. The van der Waals surface area contributed by atoms with E-state index in [1.165, 1.54) is 30.4 Å². The van der Waals surface area contributed by atoms with E-state index in [1.807, 2.05) is 0 Å². The molecule has 0 aromatic heterocycles. The lowest BCUT2D eigenvalue weighted by Gasteiger charge is -2.12. The fourth-order valence-corrected chi connectivity index (χ4v) is 1.91. The first-order valence-electron chi connectivity index (χ1n) is 6.25. The van der Waals surface area contributed by atoms with Gasteiger partial charge in [0.05, 0.1) is 0 Å². The van der Waals surface area contributed by atoms with Gasteiger partial charge in [0.1, 0.15) is 0 Å². The van der Waals surface area contributed by atoms with Crippen molar-refractivity contribution in [1.82, 2.24) is 5.32 Å². The number of aryl methyl sites for hydroxylation is 2. The fourth-order valence-electron chi connectivity index (χ4n) is 1.70. The minimum atomic E-state index is 0.716. The van der Waals surface area contributed by atoms with Gasteiger partial charge in [-0.05, 0) is 44.1 Å². The molecule has 1 rings (SSSR count). The van der Waals surface area contributed by atoms with E-state index in [4.69, 9.17) is 12.2 Å². The molecule has 0 saturated carbocycles. The highest BCUT2D eigenvalue weighted by Gasteiger charge is 2.00. The molecular formula is C14H22N2S. The summed E-state index contributed by atoms with van der Waals surface area (Å²) in [4.78, 5) is 0. The van der Waals surface area contributed by atoms with Gasteiger partial charge >= 0.3 is 0 Å². The van der Waals surface area contributed by atoms with Gasteiger partial charge in [-0.1, -0.05) is 37.5 Å². The zero-order chi connectivity index (χ0) is 12.7. The number of benzene rings is 1. The van der Waals surface area contributed by atoms with Crippen LogP contribution in [0.5, 0.6) is 0 Å². The van der Waals surface area contributed by atoms with E-state index in [1.54, 1.807) is 0 Å². The Morgan fingerprint density at radius 3 is 2.65 bits per heavy atom. The van der Waals surface area contributed by atoms with E-state index in [9.17, 15) is 0 Å². The van der Waals surface area contributed by atoms with Crippen molar-refractivity contribution in [3.63, 3.8) is 0 Å². The number of thiocarbonyl (C=S) groups is 1. The number of rotatable bonds is 5. The normalized spacial score (nSPS) is 10.1. The smallest absolute Gasteiger partial charge is 0.170 e. The largest absolute Gasteiger partial charge is 0.362 e. The van der Waals surface area contributed by atoms with Crippen LogP contribution in [0.2, 0.25) is 0 Å². The summed E-state index contributed by atoms with van der Waals surface area (Å²) in [5, 5.41) is 7.18.